The summed E-state index contributed by atoms with van der Waals surface area (Å²) >= 11 is 0. The van der Waals surface area contributed by atoms with Crippen molar-refractivity contribution in [1.29, 1.82) is 0 Å². The summed E-state index contributed by atoms with van der Waals surface area (Å²) in [6.45, 7) is 9.70. The Morgan fingerprint density at radius 1 is 0.679 bits per heavy atom. The van der Waals surface area contributed by atoms with Gasteiger partial charge in [0, 0.05) is 108 Å². The number of pyridine rings is 2. The van der Waals surface area contributed by atoms with Crippen LogP contribution < -0.4 is 30.3 Å². The molecule has 2 saturated heterocycles. The topological polar surface area (TPSA) is 112 Å². The van der Waals surface area contributed by atoms with Crippen molar-refractivity contribution in [1.82, 2.24) is 25.1 Å². The smallest absolute Gasteiger partial charge is 0.223 e. The molecule has 2 aromatic carbocycles. The second-order valence-electron chi connectivity index (χ2n) is 15.4. The number of piperazine rings is 2. The van der Waals surface area contributed by atoms with Gasteiger partial charge in [-0.3, -0.25) is 24.6 Å². The van der Waals surface area contributed by atoms with Gasteiger partial charge in [-0.25, -0.2) is 0 Å². The summed E-state index contributed by atoms with van der Waals surface area (Å²) in [6.07, 6.45) is 14.8. The van der Waals surface area contributed by atoms with Gasteiger partial charge in [0.15, 0.2) is 0 Å². The minimum atomic E-state index is 0.103. The molecule has 3 aliphatic rings. The third-order valence-corrected chi connectivity index (χ3v) is 11.3. The van der Waals surface area contributed by atoms with Crippen LogP contribution in [-0.4, -0.2) is 117 Å². The van der Waals surface area contributed by atoms with E-state index in [2.05, 4.69) is 71.3 Å². The summed E-state index contributed by atoms with van der Waals surface area (Å²) in [5.41, 5.74) is 11.0. The maximum absolute atomic E-state index is 13.0. The molecular weight excluding hydrogens is 701 g/mol. The van der Waals surface area contributed by atoms with Crippen molar-refractivity contribution in [3.8, 4) is 11.5 Å². The summed E-state index contributed by atoms with van der Waals surface area (Å²) in [6, 6.07) is 24.8. The van der Waals surface area contributed by atoms with E-state index in [9.17, 15) is 4.79 Å². The molecule has 0 radical (unpaired) electrons. The van der Waals surface area contributed by atoms with Crippen LogP contribution in [0.5, 0.6) is 11.5 Å². The predicted molar refractivity (Wildman–Crippen MR) is 226 cm³/mol. The maximum atomic E-state index is 13.0. The van der Waals surface area contributed by atoms with Crippen LogP contribution in [0.25, 0.3) is 0 Å². The molecular formula is C45H62N8O3. The van der Waals surface area contributed by atoms with E-state index in [0.717, 1.165) is 108 Å². The molecule has 1 saturated carbocycles. The minimum Gasteiger partial charge on any atom is -0.495 e. The Hall–Kier alpha value is -4.71. The lowest BCUT2D eigenvalue weighted by atomic mass is 9.88. The molecule has 11 heteroatoms. The van der Waals surface area contributed by atoms with Gasteiger partial charge in [-0.05, 0) is 73.2 Å². The first-order valence-electron chi connectivity index (χ1n) is 20.5. The average molecular weight is 763 g/mol. The molecule has 0 unspecified atom stereocenters. The standard InChI is InChI=1S/C26H36N4O2.C19H26N4O/c1-32-25-12-6-5-11-24(25)30-16-14-29(15-17-30)20-23(18-21-8-7-13-27-19-21)28-26(31)22-9-3-2-4-10-22;1-24-19-7-3-2-6-18(19)23-11-9-22(10-12-23)15-17(20)13-16-5-4-8-21-14-16/h5-8,11-13,19,22-23H,2-4,9-10,14-18,20H2,1H3,(H,28,31);2-8,14,17H,9-13,15,20H2,1H3/t23-;17-/m11/s1. The Balaban J connectivity index is 0.000000198. The number of aromatic nitrogens is 2. The number of methoxy groups -OCH3 is 2. The first kappa shape index (κ1) is 40.9. The lowest BCUT2D eigenvalue weighted by Crippen LogP contribution is -2.53. The molecule has 1 aliphatic carbocycles. The molecule has 2 aromatic heterocycles. The Morgan fingerprint density at radius 3 is 1.68 bits per heavy atom. The maximum Gasteiger partial charge on any atom is 0.223 e. The molecule has 11 nitrogen and oxygen atoms in total. The fourth-order valence-corrected chi connectivity index (χ4v) is 8.30. The molecule has 1 amide bonds. The third kappa shape index (κ3) is 12.1. The zero-order valence-electron chi connectivity index (χ0n) is 33.5. The number of carbonyl (C=O) groups is 1. The van der Waals surface area contributed by atoms with Crippen LogP contribution in [-0.2, 0) is 17.6 Å². The first-order chi connectivity index (χ1) is 27.5. The number of carbonyl (C=O) groups excluding carboxylic acids is 1. The number of nitrogens with one attached hydrogen (secondary N) is 1. The number of hydrogen-bond donors (Lipinski definition) is 2. The quantitative estimate of drug-likeness (QED) is 0.176. The fraction of sp³-hybridized carbons (Fsp3) is 0.489. The Bertz CT molecular complexity index is 1730. The monoisotopic (exact) mass is 762 g/mol. The largest absolute Gasteiger partial charge is 0.495 e. The molecule has 3 fully saturated rings. The van der Waals surface area contributed by atoms with E-state index in [1.54, 1.807) is 26.6 Å². The highest BCUT2D eigenvalue weighted by Gasteiger charge is 2.27. The van der Waals surface area contributed by atoms with Gasteiger partial charge in [0.25, 0.3) is 0 Å². The predicted octanol–water partition coefficient (Wildman–Crippen LogP) is 5.30. The number of nitrogens with two attached hydrogens (primary N) is 1. The minimum absolute atomic E-state index is 0.103. The highest BCUT2D eigenvalue weighted by atomic mass is 16.5. The van der Waals surface area contributed by atoms with Crippen LogP contribution in [0, 0.1) is 5.92 Å². The Labute approximate surface area is 334 Å². The number of ether oxygens (including phenoxy) is 2. The van der Waals surface area contributed by atoms with E-state index in [1.165, 1.54) is 36.1 Å². The van der Waals surface area contributed by atoms with E-state index in [4.69, 9.17) is 15.2 Å². The third-order valence-electron chi connectivity index (χ3n) is 11.3. The van der Waals surface area contributed by atoms with Crippen LogP contribution in [0.2, 0.25) is 0 Å². The molecule has 2 aliphatic heterocycles. The fourth-order valence-electron chi connectivity index (χ4n) is 8.30. The van der Waals surface area contributed by atoms with Gasteiger partial charge in [-0.2, -0.15) is 0 Å². The molecule has 56 heavy (non-hydrogen) atoms. The number of hydrogen-bond acceptors (Lipinski definition) is 10. The van der Waals surface area contributed by atoms with Crippen molar-refractivity contribution in [2.75, 3.05) is 89.5 Å². The van der Waals surface area contributed by atoms with Crippen molar-refractivity contribution in [3.63, 3.8) is 0 Å². The van der Waals surface area contributed by atoms with Crippen molar-refractivity contribution in [2.24, 2.45) is 11.7 Å². The lowest BCUT2D eigenvalue weighted by molar-refractivity contribution is -0.126. The Kier molecular flexibility index (Phi) is 15.8. The van der Waals surface area contributed by atoms with Crippen molar-refractivity contribution < 1.29 is 14.3 Å². The summed E-state index contributed by atoms with van der Waals surface area (Å²) < 4.78 is 11.0. The van der Waals surface area contributed by atoms with E-state index >= 15 is 0 Å². The average Bonchev–Trinajstić information content (AvgIpc) is 3.25. The number of amides is 1. The SMILES string of the molecule is COc1ccccc1N1CCN(C[C@@H](Cc2cccnc2)NC(=O)C2CCCCC2)CC1.COc1ccccc1N1CCN(C[C@H](N)Cc2cccnc2)CC1. The zero-order valence-corrected chi connectivity index (χ0v) is 33.5. The van der Waals surface area contributed by atoms with Gasteiger partial charge in [-0.15, -0.1) is 0 Å². The van der Waals surface area contributed by atoms with Crippen LogP contribution in [0.3, 0.4) is 0 Å². The second-order valence-corrected chi connectivity index (χ2v) is 15.4. The van der Waals surface area contributed by atoms with Crippen LogP contribution in [0.4, 0.5) is 11.4 Å². The van der Waals surface area contributed by atoms with Gasteiger partial charge < -0.3 is 30.3 Å². The van der Waals surface area contributed by atoms with E-state index < -0.39 is 0 Å². The molecule has 0 bridgehead atoms. The molecule has 4 aromatic rings. The molecule has 0 spiro atoms. The van der Waals surface area contributed by atoms with Crippen LogP contribution in [0.15, 0.2) is 97.6 Å². The molecule has 7 rings (SSSR count). The lowest BCUT2D eigenvalue weighted by Gasteiger charge is -2.38. The van der Waals surface area contributed by atoms with E-state index in [0.29, 0.717) is 0 Å². The van der Waals surface area contributed by atoms with E-state index in [1.807, 2.05) is 48.8 Å². The summed E-state index contributed by atoms with van der Waals surface area (Å²) in [4.78, 5) is 31.1. The normalized spacial score (nSPS) is 18.0. The van der Waals surface area contributed by atoms with Crippen molar-refractivity contribution >= 4 is 17.3 Å². The van der Waals surface area contributed by atoms with Crippen molar-refractivity contribution in [3.05, 3.63) is 109 Å². The van der Waals surface area contributed by atoms with Gasteiger partial charge in [0.05, 0.1) is 25.6 Å². The highest BCUT2D eigenvalue weighted by Crippen LogP contribution is 2.30. The number of nitrogens with zero attached hydrogens (tertiary/aromatic N) is 6. The van der Waals surface area contributed by atoms with Gasteiger partial charge >= 0.3 is 0 Å². The summed E-state index contributed by atoms with van der Waals surface area (Å²) in [5.74, 6) is 2.29. The first-order valence-corrected chi connectivity index (χ1v) is 20.5. The summed E-state index contributed by atoms with van der Waals surface area (Å²) in [7, 11) is 3.46. The molecule has 2 atom stereocenters. The molecule has 300 valence electrons. The number of anilines is 2. The Morgan fingerprint density at radius 2 is 1.18 bits per heavy atom. The second kappa shape index (κ2) is 21.6. The molecule has 3 N–H and O–H groups in total. The van der Waals surface area contributed by atoms with Gasteiger partial charge in [-0.1, -0.05) is 55.7 Å². The van der Waals surface area contributed by atoms with E-state index in [-0.39, 0.29) is 23.9 Å². The van der Waals surface area contributed by atoms with Crippen LogP contribution >= 0.6 is 0 Å². The number of para-hydroxylation sites is 4. The van der Waals surface area contributed by atoms with Gasteiger partial charge in [0.1, 0.15) is 11.5 Å². The number of benzene rings is 2. The number of rotatable bonds is 14. The molecule has 4 heterocycles. The summed E-state index contributed by atoms with van der Waals surface area (Å²) in [5, 5.41) is 3.40. The van der Waals surface area contributed by atoms with Gasteiger partial charge in [0.2, 0.25) is 5.91 Å². The van der Waals surface area contributed by atoms with Crippen LogP contribution in [0.1, 0.15) is 43.2 Å². The highest BCUT2D eigenvalue weighted by molar-refractivity contribution is 5.79. The van der Waals surface area contributed by atoms with Crippen molar-refractivity contribution in [2.45, 2.75) is 57.0 Å². The zero-order chi connectivity index (χ0) is 39.0.